The van der Waals surface area contributed by atoms with E-state index in [4.69, 9.17) is 5.73 Å². The Morgan fingerprint density at radius 2 is 2.19 bits per heavy atom. The van der Waals surface area contributed by atoms with Crippen LogP contribution >= 0.6 is 0 Å². The van der Waals surface area contributed by atoms with Crippen molar-refractivity contribution in [3.05, 3.63) is 33.9 Å². The maximum atomic E-state index is 12.1. The van der Waals surface area contributed by atoms with Crippen LogP contribution in [0.1, 0.15) is 30.6 Å². The van der Waals surface area contributed by atoms with E-state index in [-0.39, 0.29) is 16.9 Å². The highest BCUT2D eigenvalue weighted by Crippen LogP contribution is 2.25. The van der Waals surface area contributed by atoms with Crippen LogP contribution in [-0.4, -0.2) is 41.9 Å². The van der Waals surface area contributed by atoms with Gasteiger partial charge < -0.3 is 16.0 Å². The fraction of sp³-hybridized carbons (Fsp3) is 0.500. The van der Waals surface area contributed by atoms with E-state index < -0.39 is 10.8 Å². The summed E-state index contributed by atoms with van der Waals surface area (Å²) in [5.41, 5.74) is 5.20. The highest BCUT2D eigenvalue weighted by Gasteiger charge is 2.22. The average Bonchev–Trinajstić information content (AvgIpc) is 2.45. The van der Waals surface area contributed by atoms with Gasteiger partial charge in [-0.25, -0.2) is 0 Å². The highest BCUT2D eigenvalue weighted by molar-refractivity contribution is 6.00. The summed E-state index contributed by atoms with van der Waals surface area (Å²) in [4.78, 5) is 24.5. The molecule has 0 aliphatic rings. The van der Waals surface area contributed by atoms with E-state index in [1.807, 2.05) is 7.05 Å². The van der Waals surface area contributed by atoms with Gasteiger partial charge >= 0.3 is 5.69 Å². The Labute approximate surface area is 124 Å². The van der Waals surface area contributed by atoms with Gasteiger partial charge in [0.15, 0.2) is 0 Å². The maximum Gasteiger partial charge on any atom is 0.304 e. The minimum atomic E-state index is -0.629. The normalized spacial score (nSPS) is 12.2. The molecule has 0 spiro atoms. The number of hydrogen-bond acceptors (Lipinski definition) is 5. The van der Waals surface area contributed by atoms with Gasteiger partial charge in [0.2, 0.25) is 0 Å². The maximum absolute atomic E-state index is 12.1. The van der Waals surface area contributed by atoms with Gasteiger partial charge in [-0.05, 0) is 32.5 Å². The van der Waals surface area contributed by atoms with Crippen molar-refractivity contribution >= 4 is 17.3 Å². The van der Waals surface area contributed by atoms with E-state index in [1.54, 1.807) is 0 Å². The summed E-state index contributed by atoms with van der Waals surface area (Å²) in [6.45, 7) is 5.29. The Kier molecular flexibility index (Phi) is 6.10. The van der Waals surface area contributed by atoms with Crippen LogP contribution in [0.4, 0.5) is 11.4 Å². The molecule has 0 radical (unpaired) electrons. The van der Waals surface area contributed by atoms with Crippen molar-refractivity contribution in [3.63, 3.8) is 0 Å². The van der Waals surface area contributed by atoms with Crippen molar-refractivity contribution < 1.29 is 9.72 Å². The van der Waals surface area contributed by atoms with E-state index in [9.17, 15) is 14.9 Å². The summed E-state index contributed by atoms with van der Waals surface area (Å²) in [5, 5.41) is 13.7. The molecule has 1 rings (SSSR count). The number of nitrogens with one attached hydrogen (secondary N) is 1. The summed E-state index contributed by atoms with van der Waals surface area (Å²) in [5.74, 6) is -0.480. The Balaban J connectivity index is 2.69. The van der Waals surface area contributed by atoms with Crippen LogP contribution in [0, 0.1) is 10.1 Å². The molecule has 0 aromatic heterocycles. The lowest BCUT2D eigenvalue weighted by atomic mass is 10.1. The lowest BCUT2D eigenvalue weighted by molar-refractivity contribution is -0.384. The van der Waals surface area contributed by atoms with Crippen molar-refractivity contribution in [2.75, 3.05) is 25.9 Å². The average molecular weight is 294 g/mol. The smallest absolute Gasteiger partial charge is 0.304 e. The van der Waals surface area contributed by atoms with Crippen molar-refractivity contribution in [3.8, 4) is 0 Å². The molecular formula is C14H22N4O3. The summed E-state index contributed by atoms with van der Waals surface area (Å²) in [6.07, 6.45) is 1.02. The van der Waals surface area contributed by atoms with E-state index in [0.29, 0.717) is 19.1 Å². The molecule has 1 atom stereocenters. The molecule has 21 heavy (non-hydrogen) atoms. The van der Waals surface area contributed by atoms with Gasteiger partial charge in [0.1, 0.15) is 11.3 Å². The first-order valence-corrected chi connectivity index (χ1v) is 6.89. The van der Waals surface area contributed by atoms with Gasteiger partial charge in [-0.15, -0.1) is 0 Å². The molecular weight excluding hydrogens is 272 g/mol. The van der Waals surface area contributed by atoms with Crippen molar-refractivity contribution in [1.82, 2.24) is 10.2 Å². The number of anilines is 1. The van der Waals surface area contributed by atoms with Gasteiger partial charge in [0.25, 0.3) is 5.91 Å². The van der Waals surface area contributed by atoms with E-state index >= 15 is 0 Å². The van der Waals surface area contributed by atoms with Gasteiger partial charge in [-0.1, -0.05) is 13.0 Å². The van der Waals surface area contributed by atoms with Crippen LogP contribution in [0.25, 0.3) is 0 Å². The second kappa shape index (κ2) is 7.58. The minimum absolute atomic E-state index is 0.00815. The topological polar surface area (TPSA) is 102 Å². The van der Waals surface area contributed by atoms with Crippen LogP contribution in [0.5, 0.6) is 0 Å². The van der Waals surface area contributed by atoms with E-state index in [1.165, 1.54) is 18.2 Å². The van der Waals surface area contributed by atoms with Gasteiger partial charge in [0.05, 0.1) is 4.92 Å². The number of nitrogens with zero attached hydrogens (tertiary/aromatic N) is 2. The molecule has 0 fully saturated rings. The van der Waals surface area contributed by atoms with Crippen molar-refractivity contribution in [2.45, 2.75) is 26.3 Å². The number of nitro benzene ring substituents is 1. The monoisotopic (exact) mass is 294 g/mol. The standard InChI is InChI=1S/C14H22N4O3/c1-4-10(2)17(3)9-8-16-14(19)11-6-5-7-12(15)13(11)18(20)21/h5-7,10H,4,8-9,15H2,1-3H3,(H,16,19). The molecule has 0 heterocycles. The molecule has 0 saturated heterocycles. The molecule has 3 N–H and O–H groups in total. The molecule has 1 aromatic rings. The Morgan fingerprint density at radius 3 is 2.76 bits per heavy atom. The third-order valence-electron chi connectivity index (χ3n) is 3.59. The highest BCUT2D eigenvalue weighted by atomic mass is 16.6. The number of amides is 1. The fourth-order valence-corrected chi connectivity index (χ4v) is 1.92. The first-order valence-electron chi connectivity index (χ1n) is 6.89. The van der Waals surface area contributed by atoms with Crippen LogP contribution in [0.15, 0.2) is 18.2 Å². The fourth-order valence-electron chi connectivity index (χ4n) is 1.92. The van der Waals surface area contributed by atoms with Crippen LogP contribution in [-0.2, 0) is 0 Å². The zero-order valence-corrected chi connectivity index (χ0v) is 12.6. The Hall–Kier alpha value is -2.15. The van der Waals surface area contributed by atoms with Crippen LogP contribution < -0.4 is 11.1 Å². The number of rotatable bonds is 7. The minimum Gasteiger partial charge on any atom is -0.393 e. The third kappa shape index (κ3) is 4.42. The van der Waals surface area contributed by atoms with E-state index in [0.717, 1.165) is 6.42 Å². The molecule has 116 valence electrons. The number of carbonyl (C=O) groups is 1. The molecule has 1 amide bonds. The van der Waals surface area contributed by atoms with Crippen LogP contribution in [0.3, 0.4) is 0 Å². The van der Waals surface area contributed by atoms with Gasteiger partial charge in [-0.3, -0.25) is 14.9 Å². The van der Waals surface area contributed by atoms with Gasteiger partial charge in [0, 0.05) is 19.1 Å². The predicted molar refractivity (Wildman–Crippen MR) is 82.2 cm³/mol. The number of nitro groups is 1. The summed E-state index contributed by atoms with van der Waals surface area (Å²) >= 11 is 0. The lowest BCUT2D eigenvalue weighted by Crippen LogP contribution is -2.37. The number of nitrogen functional groups attached to an aromatic ring is 1. The zero-order chi connectivity index (χ0) is 16.0. The molecule has 7 nitrogen and oxygen atoms in total. The second-order valence-electron chi connectivity index (χ2n) is 4.99. The van der Waals surface area contributed by atoms with Gasteiger partial charge in [-0.2, -0.15) is 0 Å². The number of carbonyl (C=O) groups excluding carboxylic acids is 1. The second-order valence-corrected chi connectivity index (χ2v) is 4.99. The molecule has 0 aliphatic heterocycles. The van der Waals surface area contributed by atoms with Crippen molar-refractivity contribution in [1.29, 1.82) is 0 Å². The summed E-state index contributed by atoms with van der Waals surface area (Å²) in [7, 11) is 1.98. The Morgan fingerprint density at radius 1 is 1.52 bits per heavy atom. The molecule has 0 bridgehead atoms. The lowest BCUT2D eigenvalue weighted by Gasteiger charge is -2.23. The third-order valence-corrected chi connectivity index (χ3v) is 3.59. The number of nitrogens with two attached hydrogens (primary N) is 1. The number of likely N-dealkylation sites (N-methyl/N-ethyl adjacent to an activating group) is 1. The molecule has 1 unspecified atom stereocenters. The number of hydrogen-bond donors (Lipinski definition) is 2. The molecule has 7 heteroatoms. The number of para-hydroxylation sites is 1. The largest absolute Gasteiger partial charge is 0.393 e. The zero-order valence-electron chi connectivity index (χ0n) is 12.6. The summed E-state index contributed by atoms with van der Waals surface area (Å²) in [6, 6.07) is 4.76. The van der Waals surface area contributed by atoms with Crippen LogP contribution in [0.2, 0.25) is 0 Å². The molecule has 0 saturated carbocycles. The van der Waals surface area contributed by atoms with E-state index in [2.05, 4.69) is 24.1 Å². The first kappa shape index (κ1) is 16.9. The first-order chi connectivity index (χ1) is 9.88. The van der Waals surface area contributed by atoms with Crippen molar-refractivity contribution in [2.24, 2.45) is 0 Å². The summed E-state index contributed by atoms with van der Waals surface area (Å²) < 4.78 is 0. The molecule has 0 aliphatic carbocycles. The predicted octanol–water partition coefficient (Wildman–Crippen LogP) is 1.64. The quantitative estimate of drug-likeness (QED) is 0.452. The SMILES string of the molecule is CCC(C)N(C)CCNC(=O)c1cccc(N)c1[N+](=O)[O-]. The Bertz CT molecular complexity index is 519. The number of benzene rings is 1. The molecule has 1 aromatic carbocycles.